The Labute approximate surface area is 142 Å². The number of alkyl halides is 3. The number of anilines is 1. The molecular weight excluding hydrogens is 313 g/mol. The maximum Gasteiger partial charge on any atom is 0.416 e. The summed E-state index contributed by atoms with van der Waals surface area (Å²) in [6.45, 7) is 1.87. The Kier molecular flexibility index (Phi) is 5.38. The van der Waals surface area contributed by atoms with Gasteiger partial charge in [-0.2, -0.15) is 13.2 Å². The van der Waals surface area contributed by atoms with Crippen molar-refractivity contribution in [1.82, 2.24) is 0 Å². The highest BCUT2D eigenvalue weighted by Crippen LogP contribution is 2.34. The van der Waals surface area contributed by atoms with E-state index in [1.807, 2.05) is 0 Å². The van der Waals surface area contributed by atoms with E-state index in [-0.39, 0.29) is 0 Å². The molecule has 3 rings (SSSR count). The van der Waals surface area contributed by atoms with Gasteiger partial charge in [0.05, 0.1) is 5.56 Å². The quantitative estimate of drug-likeness (QED) is 0.854. The maximum atomic E-state index is 12.7. The first kappa shape index (κ1) is 17.6. The van der Waals surface area contributed by atoms with Crippen molar-refractivity contribution in [3.63, 3.8) is 0 Å². The summed E-state index contributed by atoms with van der Waals surface area (Å²) in [4.78, 5) is 2.24. The van der Waals surface area contributed by atoms with Gasteiger partial charge in [-0.15, -0.1) is 0 Å². The molecule has 0 aromatic heterocycles. The van der Waals surface area contributed by atoms with E-state index >= 15 is 0 Å². The minimum absolute atomic E-state index is 0.334. The second kappa shape index (κ2) is 7.34. The van der Waals surface area contributed by atoms with Crippen LogP contribution in [-0.2, 0) is 6.18 Å². The normalized spacial score (nSPS) is 28.8. The maximum absolute atomic E-state index is 12.7. The molecule has 1 aliphatic carbocycles. The first-order chi connectivity index (χ1) is 11.4. The standard InChI is InChI=1S/C19H27F3N2/c20-19(21,22)16-7-9-17(10-8-16)24-11-3-4-14(13-24)12-15-5-1-2-6-18(15)23/h7-10,14-15,18H,1-6,11-13,23H2/t14-,15+,18-/m1/s1. The largest absolute Gasteiger partial charge is 0.416 e. The molecule has 2 aliphatic rings. The first-order valence-electron chi connectivity index (χ1n) is 9.11. The number of hydrogen-bond donors (Lipinski definition) is 1. The van der Waals surface area contributed by atoms with Crippen LogP contribution >= 0.6 is 0 Å². The van der Waals surface area contributed by atoms with E-state index in [9.17, 15) is 13.2 Å². The van der Waals surface area contributed by atoms with Crippen LogP contribution in [0, 0.1) is 11.8 Å². The summed E-state index contributed by atoms with van der Waals surface area (Å²) in [7, 11) is 0. The van der Waals surface area contributed by atoms with Crippen molar-refractivity contribution in [3.8, 4) is 0 Å². The number of nitrogens with zero attached hydrogens (tertiary/aromatic N) is 1. The van der Waals surface area contributed by atoms with Gasteiger partial charge in [0.1, 0.15) is 0 Å². The summed E-state index contributed by atoms with van der Waals surface area (Å²) >= 11 is 0. The zero-order valence-corrected chi connectivity index (χ0v) is 14.1. The Morgan fingerprint density at radius 3 is 2.38 bits per heavy atom. The molecule has 2 N–H and O–H groups in total. The number of piperidine rings is 1. The molecule has 2 fully saturated rings. The van der Waals surface area contributed by atoms with Crippen LogP contribution in [0.5, 0.6) is 0 Å². The lowest BCUT2D eigenvalue weighted by molar-refractivity contribution is -0.137. The van der Waals surface area contributed by atoms with E-state index in [1.54, 1.807) is 12.1 Å². The van der Waals surface area contributed by atoms with Gasteiger partial charge in [-0.1, -0.05) is 12.8 Å². The minimum Gasteiger partial charge on any atom is -0.371 e. The SMILES string of the molecule is N[C@@H]1CCCC[C@H]1C[C@H]1CCCN(c2ccc(C(F)(F)F)cc2)C1. The van der Waals surface area contributed by atoms with E-state index in [1.165, 1.54) is 37.8 Å². The summed E-state index contributed by atoms with van der Waals surface area (Å²) < 4.78 is 38.1. The number of nitrogens with two attached hydrogens (primary N) is 1. The van der Waals surface area contributed by atoms with Crippen LogP contribution in [0.4, 0.5) is 18.9 Å². The molecule has 2 nitrogen and oxygen atoms in total. The summed E-state index contributed by atoms with van der Waals surface area (Å²) in [5, 5.41) is 0. The molecule has 5 heteroatoms. The number of halogens is 3. The molecule has 1 aromatic carbocycles. The molecule has 0 unspecified atom stereocenters. The van der Waals surface area contributed by atoms with Gasteiger partial charge in [-0.3, -0.25) is 0 Å². The van der Waals surface area contributed by atoms with Crippen LogP contribution in [0.2, 0.25) is 0 Å². The van der Waals surface area contributed by atoms with Crippen LogP contribution in [0.25, 0.3) is 0 Å². The van der Waals surface area contributed by atoms with E-state index in [0.29, 0.717) is 17.9 Å². The van der Waals surface area contributed by atoms with Gasteiger partial charge in [0.25, 0.3) is 0 Å². The number of hydrogen-bond acceptors (Lipinski definition) is 2. The van der Waals surface area contributed by atoms with Gasteiger partial charge in [0.15, 0.2) is 0 Å². The molecule has 0 bridgehead atoms. The number of benzene rings is 1. The van der Waals surface area contributed by atoms with E-state index in [0.717, 1.165) is 38.0 Å². The van der Waals surface area contributed by atoms with Crippen LogP contribution in [0.15, 0.2) is 24.3 Å². The predicted octanol–water partition coefficient (Wildman–Crippen LogP) is 4.83. The van der Waals surface area contributed by atoms with E-state index in [2.05, 4.69) is 4.90 Å². The first-order valence-corrected chi connectivity index (χ1v) is 9.11. The third kappa shape index (κ3) is 4.24. The van der Waals surface area contributed by atoms with Crippen molar-refractivity contribution in [3.05, 3.63) is 29.8 Å². The Morgan fingerprint density at radius 1 is 1.00 bits per heavy atom. The van der Waals surface area contributed by atoms with Crippen molar-refractivity contribution in [1.29, 1.82) is 0 Å². The lowest BCUT2D eigenvalue weighted by Gasteiger charge is -2.38. The van der Waals surface area contributed by atoms with Crippen LogP contribution in [0.1, 0.15) is 50.5 Å². The summed E-state index contributed by atoms with van der Waals surface area (Å²) in [6, 6.07) is 5.93. The number of rotatable bonds is 3. The fraction of sp³-hybridized carbons (Fsp3) is 0.684. The second-order valence-electron chi connectivity index (χ2n) is 7.44. The summed E-state index contributed by atoms with van der Waals surface area (Å²) in [6.07, 6.45) is 4.12. The summed E-state index contributed by atoms with van der Waals surface area (Å²) in [5.41, 5.74) is 6.61. The van der Waals surface area contributed by atoms with Gasteiger partial charge in [0, 0.05) is 24.8 Å². The molecule has 0 spiro atoms. The van der Waals surface area contributed by atoms with Crippen LogP contribution in [0.3, 0.4) is 0 Å². The molecule has 0 amide bonds. The van der Waals surface area contributed by atoms with Crippen LogP contribution < -0.4 is 10.6 Å². The third-order valence-corrected chi connectivity index (χ3v) is 5.68. The molecule has 1 aliphatic heterocycles. The average molecular weight is 340 g/mol. The van der Waals surface area contributed by atoms with Crippen molar-refractivity contribution in [2.24, 2.45) is 17.6 Å². The Morgan fingerprint density at radius 2 is 1.71 bits per heavy atom. The highest BCUT2D eigenvalue weighted by atomic mass is 19.4. The lowest BCUT2D eigenvalue weighted by atomic mass is 9.77. The molecule has 1 saturated heterocycles. The highest BCUT2D eigenvalue weighted by molar-refractivity contribution is 5.48. The molecule has 3 atom stereocenters. The third-order valence-electron chi connectivity index (χ3n) is 5.68. The van der Waals surface area contributed by atoms with Crippen molar-refractivity contribution < 1.29 is 13.2 Å². The average Bonchev–Trinajstić information content (AvgIpc) is 2.57. The molecule has 1 aromatic rings. The minimum atomic E-state index is -4.26. The molecule has 24 heavy (non-hydrogen) atoms. The van der Waals surface area contributed by atoms with Crippen LogP contribution in [-0.4, -0.2) is 19.1 Å². The Hall–Kier alpha value is -1.23. The zero-order chi connectivity index (χ0) is 17.2. The van der Waals surface area contributed by atoms with Gasteiger partial charge < -0.3 is 10.6 Å². The van der Waals surface area contributed by atoms with Gasteiger partial charge in [-0.05, 0) is 68.2 Å². The topological polar surface area (TPSA) is 29.3 Å². The molecule has 0 radical (unpaired) electrons. The van der Waals surface area contributed by atoms with Crippen molar-refractivity contribution in [2.75, 3.05) is 18.0 Å². The second-order valence-corrected chi connectivity index (χ2v) is 7.44. The monoisotopic (exact) mass is 340 g/mol. The Bertz CT molecular complexity index is 526. The lowest BCUT2D eigenvalue weighted by Crippen LogP contribution is -2.39. The van der Waals surface area contributed by atoms with Crippen molar-refractivity contribution >= 4 is 5.69 Å². The molecule has 1 saturated carbocycles. The Balaban J connectivity index is 1.60. The van der Waals surface area contributed by atoms with Gasteiger partial charge >= 0.3 is 6.18 Å². The van der Waals surface area contributed by atoms with Gasteiger partial charge in [-0.25, -0.2) is 0 Å². The summed E-state index contributed by atoms with van der Waals surface area (Å²) in [5.74, 6) is 1.23. The van der Waals surface area contributed by atoms with E-state index < -0.39 is 11.7 Å². The van der Waals surface area contributed by atoms with Gasteiger partial charge in [0.2, 0.25) is 0 Å². The smallest absolute Gasteiger partial charge is 0.371 e. The molecular formula is C19H27F3N2. The molecule has 134 valence electrons. The van der Waals surface area contributed by atoms with Crippen molar-refractivity contribution in [2.45, 2.75) is 57.2 Å². The molecule has 1 heterocycles. The fourth-order valence-electron chi connectivity index (χ4n) is 4.31. The zero-order valence-electron chi connectivity index (χ0n) is 14.1. The highest BCUT2D eigenvalue weighted by Gasteiger charge is 2.31. The predicted molar refractivity (Wildman–Crippen MR) is 90.9 cm³/mol. The fourth-order valence-corrected chi connectivity index (χ4v) is 4.31. The van der Waals surface area contributed by atoms with E-state index in [4.69, 9.17) is 5.73 Å².